The molecule has 0 amide bonds. The van der Waals surface area contributed by atoms with E-state index in [0.717, 1.165) is 67.1 Å². The van der Waals surface area contributed by atoms with Crippen molar-refractivity contribution < 1.29 is 4.42 Å². The number of halogens is 1. The summed E-state index contributed by atoms with van der Waals surface area (Å²) in [5.41, 5.74) is 4.78. The fourth-order valence-corrected chi connectivity index (χ4v) is 7.39. The summed E-state index contributed by atoms with van der Waals surface area (Å²) in [6.07, 6.45) is 7.72. The lowest BCUT2D eigenvalue weighted by molar-refractivity contribution is 0.128. The van der Waals surface area contributed by atoms with Crippen molar-refractivity contribution in [1.29, 1.82) is 0 Å². The van der Waals surface area contributed by atoms with Gasteiger partial charge in [-0.05, 0) is 99.8 Å². The summed E-state index contributed by atoms with van der Waals surface area (Å²) in [6, 6.07) is 29.6. The van der Waals surface area contributed by atoms with Gasteiger partial charge in [0.2, 0.25) is 11.8 Å². The summed E-state index contributed by atoms with van der Waals surface area (Å²) >= 11 is 6.13. The molecule has 46 heavy (non-hydrogen) atoms. The van der Waals surface area contributed by atoms with Crippen LogP contribution in [0.2, 0.25) is 5.02 Å². The number of likely N-dealkylation sites (N-methyl/N-ethyl adjacent to an activating group) is 1. The maximum absolute atomic E-state index is 6.83. The van der Waals surface area contributed by atoms with Gasteiger partial charge in [0.05, 0.1) is 6.04 Å². The third-order valence-electron chi connectivity index (χ3n) is 10.1. The Morgan fingerprint density at radius 3 is 2.09 bits per heavy atom. The molecule has 1 aliphatic carbocycles. The minimum absolute atomic E-state index is 0.0191. The summed E-state index contributed by atoms with van der Waals surface area (Å²) in [4.78, 5) is 10.1. The molecule has 0 aliphatic heterocycles. The van der Waals surface area contributed by atoms with Crippen LogP contribution in [0.1, 0.15) is 88.6 Å². The zero-order chi connectivity index (χ0) is 32.5. The molecule has 4 aromatic rings. The molecule has 0 bridgehead atoms. The van der Waals surface area contributed by atoms with E-state index in [1.54, 1.807) is 0 Å². The molecule has 1 atom stereocenters. The van der Waals surface area contributed by atoms with Crippen LogP contribution in [0, 0.1) is 11.8 Å². The molecule has 5 nitrogen and oxygen atoms in total. The van der Waals surface area contributed by atoms with Crippen LogP contribution in [-0.2, 0) is 12.8 Å². The maximum Gasteiger partial charge on any atom is 0.219 e. The summed E-state index contributed by atoms with van der Waals surface area (Å²) in [5.74, 6) is 3.06. The zero-order valence-corrected chi connectivity index (χ0v) is 29.3. The second kappa shape index (κ2) is 16.0. The van der Waals surface area contributed by atoms with E-state index < -0.39 is 0 Å². The number of hydrogen-bond acceptors (Lipinski definition) is 5. The molecule has 1 heterocycles. The number of rotatable bonds is 15. The third kappa shape index (κ3) is 8.95. The van der Waals surface area contributed by atoms with Crippen molar-refractivity contribution >= 4 is 23.2 Å². The Morgan fingerprint density at radius 2 is 1.48 bits per heavy atom. The molecular weight excluding hydrogens is 588 g/mol. The molecule has 1 aliphatic rings. The monoisotopic (exact) mass is 640 g/mol. The van der Waals surface area contributed by atoms with Gasteiger partial charge in [-0.25, -0.2) is 4.98 Å². The van der Waals surface area contributed by atoms with Gasteiger partial charge in [-0.1, -0.05) is 99.0 Å². The van der Waals surface area contributed by atoms with Crippen LogP contribution in [0.5, 0.6) is 0 Å². The normalized spacial score (nSPS) is 17.6. The molecule has 1 fully saturated rings. The van der Waals surface area contributed by atoms with E-state index in [1.807, 2.05) is 12.1 Å². The Kier molecular flexibility index (Phi) is 11.9. The van der Waals surface area contributed by atoms with Crippen molar-refractivity contribution in [3.63, 3.8) is 0 Å². The Bertz CT molecular complexity index is 1460. The molecule has 1 saturated carbocycles. The fourth-order valence-electron chi connectivity index (χ4n) is 7.26. The molecular formula is C40H53ClN4O. The molecule has 6 heteroatoms. The van der Waals surface area contributed by atoms with Gasteiger partial charge in [-0.2, -0.15) is 0 Å². The first-order valence-electron chi connectivity index (χ1n) is 17.3. The first-order valence-corrected chi connectivity index (χ1v) is 17.7. The standard InChI is InChI=1S/C40H53ClN4O/c1-6-45(7-2)37(29-32-18-20-33(21-19-32)40(3,4)43-35-24-22-34(41)23-25-35)38-42-36(28-31-16-12-9-13-17-31)39(46-38)44(5)27-26-30-14-10-8-11-15-30/h8-17,22-25,32-33,37,43H,6-7,18-21,26-29H2,1-5H3. The lowest BCUT2D eigenvalue weighted by atomic mass is 9.71. The topological polar surface area (TPSA) is 44.5 Å². The number of nitrogens with zero attached hydrogens (tertiary/aromatic N) is 3. The Hall–Kier alpha value is -3.28. The van der Waals surface area contributed by atoms with Crippen LogP contribution in [0.4, 0.5) is 11.6 Å². The number of anilines is 2. The number of oxazole rings is 1. The Labute approximate surface area is 282 Å². The van der Waals surface area contributed by atoms with E-state index >= 15 is 0 Å². The summed E-state index contributed by atoms with van der Waals surface area (Å²) < 4.78 is 6.83. The number of nitrogens with one attached hydrogen (secondary N) is 1. The van der Waals surface area contributed by atoms with Crippen LogP contribution in [-0.4, -0.2) is 42.1 Å². The fraction of sp³-hybridized carbons (Fsp3) is 0.475. The van der Waals surface area contributed by atoms with Crippen LogP contribution in [0.15, 0.2) is 89.3 Å². The molecule has 3 aromatic carbocycles. The summed E-state index contributed by atoms with van der Waals surface area (Å²) in [5, 5.41) is 4.57. The maximum atomic E-state index is 6.83. The number of hydrogen-bond donors (Lipinski definition) is 1. The van der Waals surface area contributed by atoms with Crippen LogP contribution in [0.3, 0.4) is 0 Å². The van der Waals surface area contributed by atoms with Crippen molar-refractivity contribution in [2.45, 2.75) is 84.2 Å². The smallest absolute Gasteiger partial charge is 0.219 e. The second-order valence-electron chi connectivity index (χ2n) is 13.7. The van der Waals surface area contributed by atoms with E-state index in [-0.39, 0.29) is 11.6 Å². The van der Waals surface area contributed by atoms with Crippen LogP contribution < -0.4 is 10.2 Å². The highest BCUT2D eigenvalue weighted by Gasteiger charge is 2.36. The predicted molar refractivity (Wildman–Crippen MR) is 194 cm³/mol. The molecule has 0 radical (unpaired) electrons. The van der Waals surface area contributed by atoms with E-state index in [9.17, 15) is 0 Å². The van der Waals surface area contributed by atoms with Crippen LogP contribution >= 0.6 is 11.6 Å². The number of benzene rings is 3. The summed E-state index contributed by atoms with van der Waals surface area (Å²) in [7, 11) is 2.15. The van der Waals surface area contributed by atoms with Gasteiger partial charge in [0.25, 0.3) is 0 Å². The molecule has 5 rings (SSSR count). The van der Waals surface area contributed by atoms with Gasteiger partial charge in [0.1, 0.15) is 5.69 Å². The molecule has 1 aromatic heterocycles. The quantitative estimate of drug-likeness (QED) is 0.140. The van der Waals surface area contributed by atoms with E-state index in [1.165, 1.54) is 36.8 Å². The molecule has 1 unspecified atom stereocenters. The van der Waals surface area contributed by atoms with Gasteiger partial charge < -0.3 is 14.6 Å². The lowest BCUT2D eigenvalue weighted by Gasteiger charge is -2.41. The Morgan fingerprint density at radius 1 is 0.870 bits per heavy atom. The molecule has 1 N–H and O–H groups in total. The predicted octanol–water partition coefficient (Wildman–Crippen LogP) is 10.1. The van der Waals surface area contributed by atoms with Crippen LogP contribution in [0.25, 0.3) is 0 Å². The van der Waals surface area contributed by atoms with Gasteiger partial charge in [-0.15, -0.1) is 0 Å². The molecule has 246 valence electrons. The van der Waals surface area contributed by atoms with E-state index in [4.69, 9.17) is 21.0 Å². The minimum atomic E-state index is 0.0191. The lowest BCUT2D eigenvalue weighted by Crippen LogP contribution is -2.41. The first-order chi connectivity index (χ1) is 22.3. The van der Waals surface area contributed by atoms with Crippen molar-refractivity contribution in [3.05, 3.63) is 113 Å². The number of aromatic nitrogens is 1. The van der Waals surface area contributed by atoms with Crippen molar-refractivity contribution in [2.24, 2.45) is 11.8 Å². The minimum Gasteiger partial charge on any atom is -0.423 e. The van der Waals surface area contributed by atoms with Gasteiger partial charge in [0.15, 0.2) is 0 Å². The highest BCUT2D eigenvalue weighted by Crippen LogP contribution is 2.42. The second-order valence-corrected chi connectivity index (χ2v) is 14.1. The van der Waals surface area contributed by atoms with Crippen molar-refractivity contribution in [3.8, 4) is 0 Å². The molecule has 0 saturated heterocycles. The van der Waals surface area contributed by atoms with Crippen molar-refractivity contribution in [2.75, 3.05) is 36.9 Å². The van der Waals surface area contributed by atoms with Gasteiger partial charge >= 0.3 is 0 Å². The SMILES string of the molecule is CCN(CC)C(CC1CCC(C(C)(C)Nc2ccc(Cl)cc2)CC1)c1nc(Cc2ccccc2)c(N(C)CCc2ccccc2)o1. The van der Waals surface area contributed by atoms with Gasteiger partial charge in [0, 0.05) is 36.3 Å². The average Bonchev–Trinajstić information content (AvgIpc) is 3.49. The highest BCUT2D eigenvalue weighted by molar-refractivity contribution is 6.30. The highest BCUT2D eigenvalue weighted by atomic mass is 35.5. The van der Waals surface area contributed by atoms with Gasteiger partial charge in [-0.3, -0.25) is 4.90 Å². The van der Waals surface area contributed by atoms with E-state index in [0.29, 0.717) is 11.8 Å². The van der Waals surface area contributed by atoms with Crippen molar-refractivity contribution in [1.82, 2.24) is 9.88 Å². The molecule has 0 spiro atoms. The van der Waals surface area contributed by atoms with E-state index in [2.05, 4.69) is 123 Å². The average molecular weight is 641 g/mol. The third-order valence-corrected chi connectivity index (χ3v) is 10.4. The Balaban J connectivity index is 1.31. The largest absolute Gasteiger partial charge is 0.423 e. The summed E-state index contributed by atoms with van der Waals surface area (Å²) in [6.45, 7) is 12.1. The first kappa shape index (κ1) is 34.1. The zero-order valence-electron chi connectivity index (χ0n) is 28.5.